The van der Waals surface area contributed by atoms with Gasteiger partial charge in [-0.2, -0.15) is 0 Å². The maximum Gasteiger partial charge on any atom is 0.272 e. The van der Waals surface area contributed by atoms with E-state index in [4.69, 9.17) is 46.4 Å². The van der Waals surface area contributed by atoms with Gasteiger partial charge in [-0.05, 0) is 79.2 Å². The Kier molecular flexibility index (Phi) is 11.0. The number of hydrogen-bond acceptors (Lipinski definition) is 4. The highest BCUT2D eigenvalue weighted by Gasteiger charge is 2.18. The van der Waals surface area contributed by atoms with Gasteiger partial charge in [0.25, 0.3) is 11.8 Å². The zero-order valence-corrected chi connectivity index (χ0v) is 25.8. The Hall–Kier alpha value is -3.46. The number of carbonyl (C=O) groups excluding carboxylic acids is 3. The second-order valence-corrected chi connectivity index (χ2v) is 11.9. The third-order valence-corrected chi connectivity index (χ3v) is 8.29. The summed E-state index contributed by atoms with van der Waals surface area (Å²) in [6.07, 6.45) is 1.48. The molecular weight excluding hydrogens is 636 g/mol. The highest BCUT2D eigenvalue weighted by atomic mass is 35.5. The summed E-state index contributed by atoms with van der Waals surface area (Å²) in [5.41, 5.74) is 1.78. The topological polar surface area (TPSA) is 87.3 Å². The summed E-state index contributed by atoms with van der Waals surface area (Å²) in [6, 6.07) is 25.3. The molecule has 0 saturated heterocycles. The van der Waals surface area contributed by atoms with Gasteiger partial charge in [-0.25, -0.2) is 0 Å². The molecule has 0 bridgehead atoms. The highest BCUT2D eigenvalue weighted by molar-refractivity contribution is 8.00. The average Bonchev–Trinajstić information content (AvgIpc) is 2.97. The van der Waals surface area contributed by atoms with Crippen molar-refractivity contribution in [2.75, 3.05) is 10.6 Å². The normalized spacial score (nSPS) is 11.9. The lowest BCUT2D eigenvalue weighted by Crippen LogP contribution is -2.30. The van der Waals surface area contributed by atoms with E-state index in [1.807, 2.05) is 0 Å². The van der Waals surface area contributed by atoms with Gasteiger partial charge >= 0.3 is 0 Å². The molecule has 0 fully saturated rings. The van der Waals surface area contributed by atoms with Crippen molar-refractivity contribution in [3.05, 3.63) is 128 Å². The van der Waals surface area contributed by atoms with E-state index < -0.39 is 17.1 Å². The molecule has 11 heteroatoms. The van der Waals surface area contributed by atoms with Crippen LogP contribution in [0.25, 0.3) is 6.08 Å². The largest absolute Gasteiger partial charge is 0.324 e. The minimum Gasteiger partial charge on any atom is -0.324 e. The average molecular weight is 659 g/mol. The monoisotopic (exact) mass is 657 g/mol. The molecule has 42 heavy (non-hydrogen) atoms. The smallest absolute Gasteiger partial charge is 0.272 e. The van der Waals surface area contributed by atoms with Gasteiger partial charge < -0.3 is 16.0 Å². The van der Waals surface area contributed by atoms with E-state index in [2.05, 4.69) is 16.0 Å². The number of halogens is 4. The quantitative estimate of drug-likeness (QED) is 0.124. The minimum absolute atomic E-state index is 0.0171. The lowest BCUT2D eigenvalue weighted by Gasteiger charge is -2.14. The molecule has 6 nitrogen and oxygen atoms in total. The zero-order valence-electron chi connectivity index (χ0n) is 22.0. The number of amides is 3. The van der Waals surface area contributed by atoms with Crippen molar-refractivity contribution >= 4 is 93.3 Å². The van der Waals surface area contributed by atoms with Crippen LogP contribution < -0.4 is 16.0 Å². The summed E-state index contributed by atoms with van der Waals surface area (Å²) in [4.78, 5) is 39.7. The van der Waals surface area contributed by atoms with Crippen molar-refractivity contribution in [2.45, 2.75) is 17.1 Å². The second kappa shape index (κ2) is 14.6. The van der Waals surface area contributed by atoms with E-state index in [9.17, 15) is 14.4 Å². The third kappa shape index (κ3) is 8.53. The molecule has 0 aliphatic rings. The van der Waals surface area contributed by atoms with Crippen LogP contribution in [0.2, 0.25) is 20.1 Å². The molecule has 0 heterocycles. The van der Waals surface area contributed by atoms with Crippen LogP contribution in [0.15, 0.2) is 102 Å². The van der Waals surface area contributed by atoms with E-state index >= 15 is 0 Å². The van der Waals surface area contributed by atoms with E-state index in [0.717, 1.165) is 4.90 Å². The van der Waals surface area contributed by atoms with Crippen molar-refractivity contribution in [3.63, 3.8) is 0 Å². The Balaban J connectivity index is 1.45. The van der Waals surface area contributed by atoms with Crippen molar-refractivity contribution in [1.82, 2.24) is 5.32 Å². The van der Waals surface area contributed by atoms with Crippen LogP contribution in [0, 0.1) is 0 Å². The summed E-state index contributed by atoms with van der Waals surface area (Å²) >= 11 is 25.9. The lowest BCUT2D eigenvalue weighted by atomic mass is 10.1. The molecule has 1 atom stereocenters. The van der Waals surface area contributed by atoms with Gasteiger partial charge in [-0.3, -0.25) is 14.4 Å². The molecule has 3 N–H and O–H groups in total. The van der Waals surface area contributed by atoms with Crippen LogP contribution in [0.3, 0.4) is 0 Å². The molecule has 4 aromatic rings. The first-order valence-corrected chi connectivity index (χ1v) is 14.9. The standard InChI is InChI=1S/C31H23Cl4N3O3S/c1-18(29(39)37-26-9-5-8-24(33)28(26)35)42-23-14-12-22(13-15-23)36-31(41)27(16-20-10-11-21(32)17-25(20)34)38-30(40)19-6-3-2-4-7-19/h2-18H,1H3,(H,36,41)(H,37,39)(H,38,40)/b27-16-. The molecule has 4 rings (SSSR count). The van der Waals surface area contributed by atoms with Crippen molar-refractivity contribution in [1.29, 1.82) is 0 Å². The van der Waals surface area contributed by atoms with Gasteiger partial charge in [0.2, 0.25) is 5.91 Å². The number of rotatable bonds is 9. The van der Waals surface area contributed by atoms with E-state index in [1.165, 1.54) is 17.8 Å². The molecule has 0 saturated carbocycles. The van der Waals surface area contributed by atoms with Gasteiger partial charge in [0.15, 0.2) is 0 Å². The second-order valence-electron chi connectivity index (χ2n) is 8.87. The van der Waals surface area contributed by atoms with Crippen LogP contribution in [0.5, 0.6) is 0 Å². The lowest BCUT2D eigenvalue weighted by molar-refractivity contribution is -0.115. The zero-order chi connectivity index (χ0) is 30.2. The Bertz CT molecular complexity index is 1650. The van der Waals surface area contributed by atoms with E-state index in [-0.39, 0.29) is 16.6 Å². The molecule has 214 valence electrons. The minimum atomic E-state index is -0.558. The fourth-order valence-electron chi connectivity index (χ4n) is 3.62. The number of thioether (sulfide) groups is 1. The Morgan fingerprint density at radius 1 is 0.786 bits per heavy atom. The maximum atomic E-state index is 13.3. The van der Waals surface area contributed by atoms with Gasteiger partial charge in [-0.1, -0.05) is 76.7 Å². The van der Waals surface area contributed by atoms with Gasteiger partial charge in [0.1, 0.15) is 5.70 Å². The summed E-state index contributed by atoms with van der Waals surface area (Å²) in [6.45, 7) is 1.77. The molecule has 1 unspecified atom stereocenters. The van der Waals surface area contributed by atoms with E-state index in [0.29, 0.717) is 37.6 Å². The molecular formula is C31H23Cl4N3O3S. The molecule has 0 radical (unpaired) electrons. The van der Waals surface area contributed by atoms with Crippen molar-refractivity contribution in [3.8, 4) is 0 Å². The van der Waals surface area contributed by atoms with Gasteiger partial charge in [-0.15, -0.1) is 11.8 Å². The predicted octanol–water partition coefficient (Wildman–Crippen LogP) is 8.83. The molecule has 3 amide bonds. The number of benzene rings is 4. The molecule has 0 spiro atoms. The molecule has 0 aliphatic heterocycles. The summed E-state index contributed by atoms with van der Waals surface area (Å²) in [5.74, 6) is -1.26. The van der Waals surface area contributed by atoms with Crippen LogP contribution in [-0.2, 0) is 9.59 Å². The summed E-state index contributed by atoms with van der Waals surface area (Å²) in [5, 5.41) is 9.18. The molecule has 0 aromatic heterocycles. The first-order chi connectivity index (χ1) is 20.1. The Morgan fingerprint density at radius 2 is 1.50 bits per heavy atom. The highest BCUT2D eigenvalue weighted by Crippen LogP contribution is 2.31. The number of carbonyl (C=O) groups is 3. The van der Waals surface area contributed by atoms with Crippen LogP contribution in [-0.4, -0.2) is 23.0 Å². The van der Waals surface area contributed by atoms with Crippen molar-refractivity contribution in [2.24, 2.45) is 0 Å². The summed E-state index contributed by atoms with van der Waals surface area (Å²) in [7, 11) is 0. The molecule has 4 aromatic carbocycles. The fourth-order valence-corrected chi connectivity index (χ4v) is 5.30. The maximum absolute atomic E-state index is 13.3. The SMILES string of the molecule is CC(Sc1ccc(NC(=O)/C(=C/c2ccc(Cl)cc2Cl)NC(=O)c2ccccc2)cc1)C(=O)Nc1cccc(Cl)c1Cl. The van der Waals surface area contributed by atoms with E-state index in [1.54, 1.807) is 97.9 Å². The third-order valence-electron chi connectivity index (χ3n) is 5.79. The van der Waals surface area contributed by atoms with Gasteiger partial charge in [0.05, 0.1) is 21.0 Å². The summed E-state index contributed by atoms with van der Waals surface area (Å²) < 4.78 is 0. The van der Waals surface area contributed by atoms with Crippen LogP contribution >= 0.6 is 58.2 Å². The first-order valence-electron chi connectivity index (χ1n) is 12.5. The Morgan fingerprint density at radius 3 is 2.19 bits per heavy atom. The Labute approximate surface area is 267 Å². The van der Waals surface area contributed by atoms with Crippen LogP contribution in [0.1, 0.15) is 22.8 Å². The fraction of sp³-hybridized carbons (Fsp3) is 0.0645. The van der Waals surface area contributed by atoms with Crippen LogP contribution in [0.4, 0.5) is 11.4 Å². The number of nitrogens with one attached hydrogen (secondary N) is 3. The van der Waals surface area contributed by atoms with Gasteiger partial charge in [0, 0.05) is 26.2 Å². The predicted molar refractivity (Wildman–Crippen MR) is 174 cm³/mol. The first kappa shape index (κ1) is 31.5. The van der Waals surface area contributed by atoms with Crippen molar-refractivity contribution < 1.29 is 14.4 Å². The molecule has 0 aliphatic carbocycles. The number of anilines is 2. The number of hydrogen-bond donors (Lipinski definition) is 3.